The molecule has 35 heavy (non-hydrogen) atoms. The number of nitrogens with zero attached hydrogens (tertiary/aromatic N) is 3. The highest BCUT2D eigenvalue weighted by molar-refractivity contribution is 5.67. The van der Waals surface area contributed by atoms with E-state index in [1.807, 2.05) is 4.90 Å². The summed E-state index contributed by atoms with van der Waals surface area (Å²) in [5.41, 5.74) is 2.64. The average molecular weight is 480 g/mol. The molecule has 1 unspecified atom stereocenters. The van der Waals surface area contributed by atoms with E-state index >= 15 is 0 Å². The predicted molar refractivity (Wildman–Crippen MR) is 144 cm³/mol. The first-order valence-corrected chi connectivity index (χ1v) is 13.7. The Morgan fingerprint density at radius 3 is 1.97 bits per heavy atom. The molecule has 0 bridgehead atoms. The molecule has 2 aromatic rings. The first kappa shape index (κ1) is 27.2. The van der Waals surface area contributed by atoms with E-state index < -0.39 is 0 Å². The molecular formula is C30H45N3O2. The van der Waals surface area contributed by atoms with Gasteiger partial charge >= 0.3 is 6.09 Å². The molecule has 1 amide bonds. The first-order valence-electron chi connectivity index (χ1n) is 13.7. The van der Waals surface area contributed by atoms with E-state index in [-0.39, 0.29) is 12.1 Å². The number of piperazine rings is 1. The molecule has 1 aliphatic rings. The standard InChI is InChI=1S/C30H45N3O2/c1-3-5-13-19-32(20-14-6-4-2)30(34)35-26-29-25-31(23-27-15-9-7-10-16-27)21-22-33(29)24-28-17-11-8-12-18-28/h7-12,15-18,29H,3-6,13-14,19-26H2,1-2H3. The number of hydrogen-bond donors (Lipinski definition) is 0. The van der Waals surface area contributed by atoms with Crippen LogP contribution in [0, 0.1) is 0 Å². The van der Waals surface area contributed by atoms with Gasteiger partial charge in [-0.25, -0.2) is 4.79 Å². The van der Waals surface area contributed by atoms with Gasteiger partial charge in [0.2, 0.25) is 0 Å². The van der Waals surface area contributed by atoms with Gasteiger partial charge in [-0.05, 0) is 24.0 Å². The lowest BCUT2D eigenvalue weighted by molar-refractivity contribution is 0.0143. The van der Waals surface area contributed by atoms with Crippen LogP contribution in [-0.2, 0) is 17.8 Å². The zero-order valence-corrected chi connectivity index (χ0v) is 21.9. The molecule has 0 N–H and O–H groups in total. The van der Waals surface area contributed by atoms with Crippen LogP contribution in [0.3, 0.4) is 0 Å². The summed E-state index contributed by atoms with van der Waals surface area (Å²) in [6.07, 6.45) is 6.58. The van der Waals surface area contributed by atoms with Crippen LogP contribution in [0.2, 0.25) is 0 Å². The van der Waals surface area contributed by atoms with Crippen LogP contribution in [0.1, 0.15) is 63.5 Å². The predicted octanol–water partition coefficient (Wildman–Crippen LogP) is 6.19. The van der Waals surface area contributed by atoms with Crippen molar-refractivity contribution in [1.29, 1.82) is 0 Å². The van der Waals surface area contributed by atoms with Crippen molar-refractivity contribution in [2.75, 3.05) is 39.3 Å². The molecule has 1 saturated heterocycles. The van der Waals surface area contributed by atoms with Gasteiger partial charge in [0.05, 0.1) is 6.04 Å². The number of rotatable bonds is 14. The quantitative estimate of drug-likeness (QED) is 0.303. The lowest BCUT2D eigenvalue weighted by Gasteiger charge is -2.41. The molecule has 0 aromatic heterocycles. The Balaban J connectivity index is 1.61. The topological polar surface area (TPSA) is 36.0 Å². The Labute approximate surface area is 213 Å². The van der Waals surface area contributed by atoms with Crippen LogP contribution in [0.25, 0.3) is 0 Å². The number of carbonyl (C=O) groups excluding carboxylic acids is 1. The van der Waals surface area contributed by atoms with Crippen LogP contribution in [0.4, 0.5) is 4.79 Å². The van der Waals surface area contributed by atoms with E-state index in [9.17, 15) is 4.79 Å². The fourth-order valence-corrected chi connectivity index (χ4v) is 4.79. The second kappa shape index (κ2) is 15.6. The SMILES string of the molecule is CCCCCN(CCCCC)C(=O)OCC1CN(Cc2ccccc2)CCN1Cc1ccccc1. The van der Waals surface area contributed by atoms with Gasteiger partial charge in [-0.3, -0.25) is 9.80 Å². The van der Waals surface area contributed by atoms with Gasteiger partial charge < -0.3 is 9.64 Å². The second-order valence-electron chi connectivity index (χ2n) is 9.81. The molecule has 3 rings (SSSR count). The highest BCUT2D eigenvalue weighted by Crippen LogP contribution is 2.17. The van der Waals surface area contributed by atoms with Crippen molar-refractivity contribution in [3.63, 3.8) is 0 Å². The van der Waals surface area contributed by atoms with E-state index in [2.05, 4.69) is 84.3 Å². The highest BCUT2D eigenvalue weighted by atomic mass is 16.6. The number of carbonyl (C=O) groups is 1. The zero-order chi connectivity index (χ0) is 24.7. The molecule has 5 heteroatoms. The van der Waals surface area contributed by atoms with Gasteiger partial charge in [0.15, 0.2) is 0 Å². The van der Waals surface area contributed by atoms with Crippen molar-refractivity contribution in [3.8, 4) is 0 Å². The van der Waals surface area contributed by atoms with Crippen molar-refractivity contribution in [2.24, 2.45) is 0 Å². The Morgan fingerprint density at radius 2 is 1.40 bits per heavy atom. The monoisotopic (exact) mass is 479 g/mol. The molecule has 0 aliphatic carbocycles. The van der Waals surface area contributed by atoms with Gasteiger partial charge in [-0.2, -0.15) is 0 Å². The van der Waals surface area contributed by atoms with Crippen molar-refractivity contribution >= 4 is 6.09 Å². The van der Waals surface area contributed by atoms with E-state index in [4.69, 9.17) is 4.74 Å². The van der Waals surface area contributed by atoms with Gasteiger partial charge in [0.25, 0.3) is 0 Å². The minimum Gasteiger partial charge on any atom is -0.448 e. The maximum atomic E-state index is 13.1. The lowest BCUT2D eigenvalue weighted by Crippen LogP contribution is -2.54. The van der Waals surface area contributed by atoms with Crippen molar-refractivity contribution in [3.05, 3.63) is 71.8 Å². The van der Waals surface area contributed by atoms with Crippen molar-refractivity contribution < 1.29 is 9.53 Å². The normalized spacial score (nSPS) is 16.8. The molecule has 2 aromatic carbocycles. The molecule has 1 heterocycles. The number of amides is 1. The molecule has 0 saturated carbocycles. The molecule has 1 aliphatic heterocycles. The number of unbranched alkanes of at least 4 members (excludes halogenated alkanes) is 4. The van der Waals surface area contributed by atoms with E-state index in [1.165, 1.54) is 11.1 Å². The van der Waals surface area contributed by atoms with Crippen molar-refractivity contribution in [1.82, 2.24) is 14.7 Å². The summed E-state index contributed by atoms with van der Waals surface area (Å²) in [7, 11) is 0. The average Bonchev–Trinajstić information content (AvgIpc) is 2.89. The fraction of sp³-hybridized carbons (Fsp3) is 0.567. The van der Waals surface area contributed by atoms with Crippen LogP contribution in [-0.4, -0.2) is 66.2 Å². The van der Waals surface area contributed by atoms with Crippen LogP contribution in [0.15, 0.2) is 60.7 Å². The summed E-state index contributed by atoms with van der Waals surface area (Å²) >= 11 is 0. The van der Waals surface area contributed by atoms with Crippen LogP contribution >= 0.6 is 0 Å². The van der Waals surface area contributed by atoms with Gasteiger partial charge in [0, 0.05) is 45.8 Å². The molecule has 1 fully saturated rings. The van der Waals surface area contributed by atoms with Crippen LogP contribution < -0.4 is 0 Å². The summed E-state index contributed by atoms with van der Waals surface area (Å²) in [5.74, 6) is 0. The number of hydrogen-bond acceptors (Lipinski definition) is 4. The fourth-order valence-electron chi connectivity index (χ4n) is 4.79. The van der Waals surface area contributed by atoms with Gasteiger partial charge in [-0.15, -0.1) is 0 Å². The minimum absolute atomic E-state index is 0.142. The Morgan fingerprint density at radius 1 is 0.829 bits per heavy atom. The molecule has 0 radical (unpaired) electrons. The van der Waals surface area contributed by atoms with E-state index in [0.717, 1.165) is 84.3 Å². The summed E-state index contributed by atoms with van der Waals surface area (Å²) in [6, 6.07) is 21.5. The summed E-state index contributed by atoms with van der Waals surface area (Å²) in [4.78, 5) is 20.0. The first-order chi connectivity index (χ1) is 17.2. The maximum Gasteiger partial charge on any atom is 0.409 e. The lowest BCUT2D eigenvalue weighted by atomic mass is 10.1. The molecule has 5 nitrogen and oxygen atoms in total. The summed E-state index contributed by atoms with van der Waals surface area (Å²) < 4.78 is 5.99. The maximum absolute atomic E-state index is 13.1. The third kappa shape index (κ3) is 9.65. The largest absolute Gasteiger partial charge is 0.448 e. The minimum atomic E-state index is -0.142. The van der Waals surface area contributed by atoms with E-state index in [0.29, 0.717) is 6.61 Å². The third-order valence-electron chi connectivity index (χ3n) is 6.89. The molecule has 1 atom stereocenters. The smallest absolute Gasteiger partial charge is 0.409 e. The zero-order valence-electron chi connectivity index (χ0n) is 21.9. The number of ether oxygens (including phenoxy) is 1. The number of benzene rings is 2. The summed E-state index contributed by atoms with van der Waals surface area (Å²) in [5, 5.41) is 0. The molecular weight excluding hydrogens is 434 g/mol. The Hall–Kier alpha value is -2.37. The second-order valence-corrected chi connectivity index (χ2v) is 9.81. The Bertz CT molecular complexity index is 820. The van der Waals surface area contributed by atoms with E-state index in [1.54, 1.807) is 0 Å². The molecule has 0 spiro atoms. The molecule has 192 valence electrons. The summed E-state index contributed by atoms with van der Waals surface area (Å²) in [6.45, 7) is 11.2. The van der Waals surface area contributed by atoms with Gasteiger partial charge in [0.1, 0.15) is 6.61 Å². The van der Waals surface area contributed by atoms with Gasteiger partial charge in [-0.1, -0.05) is 100 Å². The van der Waals surface area contributed by atoms with Crippen molar-refractivity contribution in [2.45, 2.75) is 71.5 Å². The Kier molecular flexibility index (Phi) is 12.1. The van der Waals surface area contributed by atoms with Crippen LogP contribution in [0.5, 0.6) is 0 Å². The highest BCUT2D eigenvalue weighted by Gasteiger charge is 2.29. The third-order valence-corrected chi connectivity index (χ3v) is 6.89.